The smallest absolute Gasteiger partial charge is 0.215 e. The number of H-pyrrole nitrogens is 1. The summed E-state index contributed by atoms with van der Waals surface area (Å²) in [6.07, 6.45) is 1.32. The topological polar surface area (TPSA) is 123 Å². The zero-order valence-corrected chi connectivity index (χ0v) is 12.3. The largest absolute Gasteiger partial charge is 0.492 e. The molecule has 1 heterocycles. The molecule has 114 valence electrons. The van der Waals surface area contributed by atoms with Gasteiger partial charge in [0.05, 0.1) is 11.8 Å². The second kappa shape index (κ2) is 6.55. The van der Waals surface area contributed by atoms with Gasteiger partial charge < -0.3 is 10.5 Å². The van der Waals surface area contributed by atoms with Crippen LogP contribution in [0.1, 0.15) is 18.8 Å². The number of nitrogens with one attached hydrogen (secondary N) is 2. The van der Waals surface area contributed by atoms with Crippen LogP contribution in [-0.2, 0) is 10.0 Å². The number of aromatic amines is 1. The highest BCUT2D eigenvalue weighted by Gasteiger charge is 2.17. The van der Waals surface area contributed by atoms with Gasteiger partial charge in [-0.15, -0.1) is 0 Å². The number of rotatable bonds is 7. The predicted molar refractivity (Wildman–Crippen MR) is 78.1 cm³/mol. The van der Waals surface area contributed by atoms with Gasteiger partial charge in [0.1, 0.15) is 24.5 Å². The fraction of sp³-hybridized carbons (Fsp3) is 0.333. The van der Waals surface area contributed by atoms with E-state index in [1.165, 1.54) is 6.33 Å². The first-order valence-corrected chi connectivity index (χ1v) is 7.95. The third-order valence-electron chi connectivity index (χ3n) is 2.68. The number of hydrogen-bond acceptors (Lipinski definition) is 6. The number of anilines is 1. The Morgan fingerprint density at radius 2 is 2.29 bits per heavy atom. The molecule has 0 saturated carbocycles. The van der Waals surface area contributed by atoms with Crippen LogP contribution in [0.2, 0.25) is 0 Å². The maximum Gasteiger partial charge on any atom is 0.215 e. The predicted octanol–water partition coefficient (Wildman–Crippen LogP) is 0.446. The molecule has 21 heavy (non-hydrogen) atoms. The zero-order valence-electron chi connectivity index (χ0n) is 11.5. The van der Waals surface area contributed by atoms with E-state index < -0.39 is 16.1 Å². The van der Waals surface area contributed by atoms with Gasteiger partial charge in [-0.2, -0.15) is 5.10 Å². The molecule has 8 nitrogen and oxygen atoms in total. The first kappa shape index (κ1) is 15.3. The van der Waals surface area contributed by atoms with Crippen LogP contribution in [0.4, 0.5) is 5.69 Å². The van der Waals surface area contributed by atoms with E-state index in [9.17, 15) is 8.42 Å². The van der Waals surface area contributed by atoms with Crippen molar-refractivity contribution in [3.05, 3.63) is 36.4 Å². The van der Waals surface area contributed by atoms with E-state index in [1.807, 2.05) is 0 Å². The van der Waals surface area contributed by atoms with Crippen molar-refractivity contribution >= 4 is 15.7 Å². The molecule has 0 saturated heterocycles. The first-order chi connectivity index (χ1) is 9.96. The Morgan fingerprint density at radius 3 is 2.95 bits per heavy atom. The molecule has 0 aliphatic rings. The molecule has 2 aromatic rings. The average Bonchev–Trinajstić information content (AvgIpc) is 2.92. The monoisotopic (exact) mass is 311 g/mol. The Hall–Kier alpha value is -2.13. The third-order valence-corrected chi connectivity index (χ3v) is 4.10. The number of sulfonamides is 1. The maximum absolute atomic E-state index is 11.9. The van der Waals surface area contributed by atoms with Crippen molar-refractivity contribution in [2.45, 2.75) is 13.0 Å². The van der Waals surface area contributed by atoms with Crippen LogP contribution in [0.5, 0.6) is 5.75 Å². The highest BCUT2D eigenvalue weighted by molar-refractivity contribution is 7.89. The SMILES string of the molecule is CC(NS(=O)(=O)CCOc1cccc(N)c1)c1ncn[nH]1. The van der Waals surface area contributed by atoms with E-state index in [2.05, 4.69) is 19.9 Å². The number of nitrogens with zero attached hydrogens (tertiary/aromatic N) is 2. The minimum absolute atomic E-state index is 0.0297. The normalized spacial score (nSPS) is 13.0. The molecule has 0 radical (unpaired) electrons. The van der Waals surface area contributed by atoms with Crippen LogP contribution in [0.3, 0.4) is 0 Å². The van der Waals surface area contributed by atoms with Crippen molar-refractivity contribution in [1.82, 2.24) is 19.9 Å². The highest BCUT2D eigenvalue weighted by atomic mass is 32.2. The molecule has 1 atom stereocenters. The van der Waals surface area contributed by atoms with Gasteiger partial charge in [-0.3, -0.25) is 5.10 Å². The number of nitrogens with two attached hydrogens (primary N) is 1. The molecular formula is C12H17N5O3S. The van der Waals surface area contributed by atoms with Gasteiger partial charge in [-0.05, 0) is 19.1 Å². The van der Waals surface area contributed by atoms with E-state index in [-0.39, 0.29) is 12.4 Å². The summed E-state index contributed by atoms with van der Waals surface area (Å²) in [4.78, 5) is 3.90. The van der Waals surface area contributed by atoms with Crippen LogP contribution < -0.4 is 15.2 Å². The van der Waals surface area contributed by atoms with Gasteiger partial charge in [0.15, 0.2) is 0 Å². The summed E-state index contributed by atoms with van der Waals surface area (Å²) in [5.41, 5.74) is 6.17. The van der Waals surface area contributed by atoms with Crippen LogP contribution in [0, 0.1) is 0 Å². The fourth-order valence-electron chi connectivity index (χ4n) is 1.68. The van der Waals surface area contributed by atoms with Crippen LogP contribution >= 0.6 is 0 Å². The van der Waals surface area contributed by atoms with E-state index in [0.29, 0.717) is 17.3 Å². The van der Waals surface area contributed by atoms with Crippen LogP contribution in [0.15, 0.2) is 30.6 Å². The first-order valence-electron chi connectivity index (χ1n) is 6.30. The lowest BCUT2D eigenvalue weighted by Gasteiger charge is -2.12. The van der Waals surface area contributed by atoms with Crippen molar-refractivity contribution in [1.29, 1.82) is 0 Å². The lowest BCUT2D eigenvalue weighted by atomic mass is 10.3. The zero-order chi connectivity index (χ0) is 15.3. The van der Waals surface area contributed by atoms with Crippen molar-refractivity contribution in [2.24, 2.45) is 0 Å². The molecule has 0 fully saturated rings. The van der Waals surface area contributed by atoms with Gasteiger partial charge in [-0.25, -0.2) is 18.1 Å². The summed E-state index contributed by atoms with van der Waals surface area (Å²) >= 11 is 0. The minimum atomic E-state index is -3.48. The van der Waals surface area contributed by atoms with Gasteiger partial charge in [0, 0.05) is 11.8 Å². The molecule has 4 N–H and O–H groups in total. The summed E-state index contributed by atoms with van der Waals surface area (Å²) in [6.45, 7) is 1.71. The molecule has 0 spiro atoms. The van der Waals surface area contributed by atoms with E-state index >= 15 is 0 Å². The van der Waals surface area contributed by atoms with Crippen LogP contribution in [-0.4, -0.2) is 36.0 Å². The maximum atomic E-state index is 11.9. The van der Waals surface area contributed by atoms with Gasteiger partial charge in [-0.1, -0.05) is 6.07 Å². The number of nitrogen functional groups attached to an aromatic ring is 1. The minimum Gasteiger partial charge on any atom is -0.492 e. The molecule has 9 heteroatoms. The Labute approximate surface area is 122 Å². The summed E-state index contributed by atoms with van der Waals surface area (Å²) in [7, 11) is -3.48. The quantitative estimate of drug-likeness (QED) is 0.638. The average molecular weight is 311 g/mol. The van der Waals surface area contributed by atoms with E-state index in [0.717, 1.165) is 0 Å². The molecule has 0 amide bonds. The van der Waals surface area contributed by atoms with Crippen molar-refractivity contribution in [2.75, 3.05) is 18.1 Å². The standard InChI is InChI=1S/C12H17N5O3S/c1-9(12-14-8-15-16-12)17-21(18,19)6-5-20-11-4-2-3-10(13)7-11/h2-4,7-9,17H,5-6,13H2,1H3,(H,14,15,16). The van der Waals surface area contributed by atoms with Gasteiger partial charge in [0.2, 0.25) is 10.0 Å². The number of hydrogen-bond donors (Lipinski definition) is 3. The molecule has 1 aromatic carbocycles. The summed E-state index contributed by atoms with van der Waals surface area (Å²) in [5, 5.41) is 6.29. The number of ether oxygens (including phenoxy) is 1. The summed E-state index contributed by atoms with van der Waals surface area (Å²) in [5.74, 6) is 0.823. The van der Waals surface area contributed by atoms with Gasteiger partial charge >= 0.3 is 0 Å². The molecule has 1 aromatic heterocycles. The Bertz CT molecular complexity index is 672. The van der Waals surface area contributed by atoms with Crippen molar-refractivity contribution in [3.63, 3.8) is 0 Å². The lowest BCUT2D eigenvalue weighted by molar-refractivity contribution is 0.340. The van der Waals surface area contributed by atoms with Crippen molar-refractivity contribution < 1.29 is 13.2 Å². The summed E-state index contributed by atoms with van der Waals surface area (Å²) in [6, 6.07) is 6.34. The Kier molecular flexibility index (Phi) is 4.76. The van der Waals surface area contributed by atoms with Gasteiger partial charge in [0.25, 0.3) is 0 Å². The Morgan fingerprint density at radius 1 is 1.48 bits per heavy atom. The lowest BCUT2D eigenvalue weighted by Crippen LogP contribution is -2.31. The summed E-state index contributed by atoms with van der Waals surface area (Å²) < 4.78 is 31.7. The van der Waals surface area contributed by atoms with E-state index in [1.54, 1.807) is 31.2 Å². The second-order valence-corrected chi connectivity index (χ2v) is 6.32. The molecule has 0 aliphatic heterocycles. The Balaban J connectivity index is 1.84. The van der Waals surface area contributed by atoms with Crippen molar-refractivity contribution in [3.8, 4) is 5.75 Å². The molecule has 0 aliphatic carbocycles. The molecular weight excluding hydrogens is 294 g/mol. The second-order valence-electron chi connectivity index (χ2n) is 4.45. The molecule has 0 bridgehead atoms. The van der Waals surface area contributed by atoms with E-state index in [4.69, 9.17) is 10.5 Å². The number of aromatic nitrogens is 3. The molecule has 2 rings (SSSR count). The molecule has 1 unspecified atom stereocenters. The third kappa shape index (κ3) is 4.72. The van der Waals surface area contributed by atoms with Crippen LogP contribution in [0.25, 0.3) is 0 Å². The number of benzene rings is 1. The fourth-order valence-corrected chi connectivity index (χ4v) is 2.75. The highest BCUT2D eigenvalue weighted by Crippen LogP contribution is 2.14.